The summed E-state index contributed by atoms with van der Waals surface area (Å²) in [6.45, 7) is 1.50. The number of carbonyl (C=O) groups excluding carboxylic acids is 2. The summed E-state index contributed by atoms with van der Waals surface area (Å²) in [6.07, 6.45) is -0.941. The van der Waals surface area contributed by atoms with Crippen LogP contribution in [0.4, 0.5) is 5.69 Å². The molecule has 1 amide bonds. The van der Waals surface area contributed by atoms with Crippen LogP contribution < -0.4 is 11.0 Å². The van der Waals surface area contributed by atoms with E-state index in [1.54, 1.807) is 35.0 Å². The number of esters is 1. The molecule has 3 aromatic rings. The molecule has 1 atom stereocenters. The molecule has 118 valence electrons. The quantitative estimate of drug-likeness (QED) is 0.637. The molecule has 2 aromatic heterocycles. The predicted molar refractivity (Wildman–Crippen MR) is 86.7 cm³/mol. The van der Waals surface area contributed by atoms with Crippen LogP contribution in [-0.2, 0) is 9.53 Å². The monoisotopic (exact) mass is 331 g/mol. The second-order valence-corrected chi connectivity index (χ2v) is 5.67. The molecule has 8 heteroatoms. The van der Waals surface area contributed by atoms with Gasteiger partial charge >= 0.3 is 11.7 Å². The van der Waals surface area contributed by atoms with Crippen molar-refractivity contribution in [1.82, 2.24) is 9.97 Å². The topological polar surface area (TPSA) is 104 Å². The Morgan fingerprint density at radius 3 is 2.74 bits per heavy atom. The average Bonchev–Trinajstić information content (AvgIpc) is 3.14. The molecule has 1 aromatic carbocycles. The lowest BCUT2D eigenvalue weighted by Crippen LogP contribution is -2.29. The van der Waals surface area contributed by atoms with Crippen LogP contribution >= 0.6 is 11.3 Å². The molecule has 0 spiro atoms. The van der Waals surface area contributed by atoms with E-state index in [-0.39, 0.29) is 5.69 Å². The smallest absolute Gasteiger partial charge is 0.339 e. The van der Waals surface area contributed by atoms with E-state index in [4.69, 9.17) is 4.74 Å². The average molecular weight is 331 g/mol. The molecule has 2 heterocycles. The molecule has 0 fully saturated rings. The van der Waals surface area contributed by atoms with E-state index in [9.17, 15) is 14.4 Å². The SMILES string of the molecule is C[C@@H](OC(=O)c1ccsc1)C(=O)Nc1ccc2[nH]c(=O)[nH]c2c1. The summed E-state index contributed by atoms with van der Waals surface area (Å²) in [6, 6.07) is 6.58. The first-order valence-electron chi connectivity index (χ1n) is 6.79. The molecule has 0 saturated carbocycles. The predicted octanol–water partition coefficient (Wildman–Crippen LogP) is 2.10. The van der Waals surface area contributed by atoms with E-state index in [0.29, 0.717) is 22.3 Å². The van der Waals surface area contributed by atoms with Crippen LogP contribution in [0, 0.1) is 0 Å². The summed E-state index contributed by atoms with van der Waals surface area (Å²) in [4.78, 5) is 40.3. The van der Waals surface area contributed by atoms with Crippen molar-refractivity contribution < 1.29 is 14.3 Å². The third-order valence-corrected chi connectivity index (χ3v) is 3.88. The number of anilines is 1. The van der Waals surface area contributed by atoms with Crippen molar-refractivity contribution >= 4 is 39.9 Å². The fraction of sp³-hybridized carbons (Fsp3) is 0.133. The highest BCUT2D eigenvalue weighted by atomic mass is 32.1. The van der Waals surface area contributed by atoms with Crippen LogP contribution in [-0.4, -0.2) is 27.9 Å². The van der Waals surface area contributed by atoms with E-state index in [0.717, 1.165) is 0 Å². The Balaban J connectivity index is 1.67. The Kier molecular flexibility index (Phi) is 3.98. The van der Waals surface area contributed by atoms with Crippen LogP contribution in [0.1, 0.15) is 17.3 Å². The van der Waals surface area contributed by atoms with Crippen molar-refractivity contribution in [3.05, 3.63) is 51.1 Å². The van der Waals surface area contributed by atoms with Gasteiger partial charge in [-0.05, 0) is 36.6 Å². The van der Waals surface area contributed by atoms with Crippen LogP contribution in [0.25, 0.3) is 11.0 Å². The highest BCUT2D eigenvalue weighted by Gasteiger charge is 2.19. The lowest BCUT2D eigenvalue weighted by atomic mass is 10.2. The zero-order chi connectivity index (χ0) is 16.4. The number of amides is 1. The van der Waals surface area contributed by atoms with Gasteiger partial charge in [0.25, 0.3) is 5.91 Å². The highest BCUT2D eigenvalue weighted by molar-refractivity contribution is 7.08. The lowest BCUT2D eigenvalue weighted by molar-refractivity contribution is -0.123. The Labute approximate surface area is 134 Å². The molecule has 0 bridgehead atoms. The van der Waals surface area contributed by atoms with Gasteiger partial charge in [0.15, 0.2) is 6.10 Å². The summed E-state index contributed by atoms with van der Waals surface area (Å²) in [7, 11) is 0. The molecule has 0 unspecified atom stereocenters. The third kappa shape index (κ3) is 3.32. The van der Waals surface area contributed by atoms with Crippen molar-refractivity contribution in [2.75, 3.05) is 5.32 Å². The Hall–Kier alpha value is -2.87. The molecular formula is C15H13N3O4S. The minimum Gasteiger partial charge on any atom is -0.449 e. The second kappa shape index (κ2) is 6.09. The van der Waals surface area contributed by atoms with Crippen molar-refractivity contribution in [3.8, 4) is 0 Å². The Morgan fingerprint density at radius 2 is 2.00 bits per heavy atom. The number of thiophene rings is 1. The number of nitrogens with one attached hydrogen (secondary N) is 3. The van der Waals surface area contributed by atoms with Crippen LogP contribution in [0.2, 0.25) is 0 Å². The van der Waals surface area contributed by atoms with Gasteiger partial charge in [-0.2, -0.15) is 11.3 Å². The number of H-pyrrole nitrogens is 2. The molecule has 0 aliphatic heterocycles. The van der Waals surface area contributed by atoms with Crippen molar-refractivity contribution in [2.24, 2.45) is 0 Å². The van der Waals surface area contributed by atoms with Crippen LogP contribution in [0.15, 0.2) is 39.8 Å². The van der Waals surface area contributed by atoms with Gasteiger partial charge < -0.3 is 20.0 Å². The third-order valence-electron chi connectivity index (χ3n) is 3.19. The molecule has 0 aliphatic carbocycles. The zero-order valence-corrected chi connectivity index (χ0v) is 12.9. The maximum atomic E-state index is 12.1. The van der Waals surface area contributed by atoms with E-state index in [1.807, 2.05) is 0 Å². The molecule has 0 aliphatic rings. The first kappa shape index (κ1) is 15.0. The summed E-state index contributed by atoms with van der Waals surface area (Å²) >= 11 is 1.38. The Bertz CT molecular complexity index is 910. The van der Waals surface area contributed by atoms with Crippen molar-refractivity contribution in [2.45, 2.75) is 13.0 Å². The Morgan fingerprint density at radius 1 is 1.22 bits per heavy atom. The summed E-state index contributed by atoms with van der Waals surface area (Å²) in [5, 5.41) is 6.06. The van der Waals surface area contributed by atoms with E-state index >= 15 is 0 Å². The van der Waals surface area contributed by atoms with Gasteiger partial charge in [0, 0.05) is 11.1 Å². The van der Waals surface area contributed by atoms with Gasteiger partial charge in [0.1, 0.15) is 0 Å². The number of fused-ring (bicyclic) bond motifs is 1. The fourth-order valence-corrected chi connectivity index (χ4v) is 2.64. The standard InChI is InChI=1S/C15H13N3O4S/c1-8(22-14(20)9-4-5-23-7-9)13(19)16-10-2-3-11-12(6-10)18-15(21)17-11/h2-8H,1H3,(H,16,19)(H2,17,18,21)/t8-/m1/s1. The summed E-state index contributed by atoms with van der Waals surface area (Å²) < 4.78 is 5.11. The largest absolute Gasteiger partial charge is 0.449 e. The molecular weight excluding hydrogens is 318 g/mol. The number of hydrogen-bond donors (Lipinski definition) is 3. The lowest BCUT2D eigenvalue weighted by Gasteiger charge is -2.13. The molecule has 0 saturated heterocycles. The number of rotatable bonds is 4. The van der Waals surface area contributed by atoms with E-state index < -0.39 is 18.0 Å². The number of carbonyl (C=O) groups is 2. The summed E-state index contributed by atoms with van der Waals surface area (Å²) in [5.41, 5.74) is 1.82. The second-order valence-electron chi connectivity index (χ2n) is 4.89. The number of benzene rings is 1. The molecule has 3 N–H and O–H groups in total. The maximum absolute atomic E-state index is 12.1. The van der Waals surface area contributed by atoms with E-state index in [2.05, 4.69) is 15.3 Å². The van der Waals surface area contributed by atoms with Gasteiger partial charge in [-0.25, -0.2) is 9.59 Å². The van der Waals surface area contributed by atoms with Gasteiger partial charge in [-0.3, -0.25) is 4.79 Å². The van der Waals surface area contributed by atoms with Crippen molar-refractivity contribution in [3.63, 3.8) is 0 Å². The number of aromatic nitrogens is 2. The zero-order valence-electron chi connectivity index (χ0n) is 12.1. The highest BCUT2D eigenvalue weighted by Crippen LogP contribution is 2.15. The maximum Gasteiger partial charge on any atom is 0.339 e. The first-order chi connectivity index (χ1) is 11.0. The van der Waals surface area contributed by atoms with E-state index in [1.165, 1.54) is 18.3 Å². The fourth-order valence-electron chi connectivity index (χ4n) is 2.02. The minimum absolute atomic E-state index is 0.318. The van der Waals surface area contributed by atoms with Crippen LogP contribution in [0.5, 0.6) is 0 Å². The normalized spacial score (nSPS) is 12.0. The first-order valence-corrected chi connectivity index (χ1v) is 7.73. The number of imidazole rings is 1. The minimum atomic E-state index is -0.941. The molecule has 7 nitrogen and oxygen atoms in total. The summed E-state index contributed by atoms with van der Waals surface area (Å²) in [5.74, 6) is -0.995. The van der Waals surface area contributed by atoms with Crippen LogP contribution in [0.3, 0.4) is 0 Å². The van der Waals surface area contributed by atoms with Crippen molar-refractivity contribution in [1.29, 1.82) is 0 Å². The number of ether oxygens (including phenoxy) is 1. The van der Waals surface area contributed by atoms with Gasteiger partial charge in [-0.15, -0.1) is 0 Å². The molecule has 23 heavy (non-hydrogen) atoms. The number of aromatic amines is 2. The molecule has 0 radical (unpaired) electrons. The number of hydrogen-bond acceptors (Lipinski definition) is 5. The van der Waals surface area contributed by atoms with Gasteiger partial charge in [-0.1, -0.05) is 0 Å². The molecule has 3 rings (SSSR count). The van der Waals surface area contributed by atoms with Gasteiger partial charge in [0.05, 0.1) is 16.6 Å². The van der Waals surface area contributed by atoms with Gasteiger partial charge in [0.2, 0.25) is 0 Å².